The highest BCUT2D eigenvalue weighted by Crippen LogP contribution is 2.32. The number of aryl methyl sites for hydroxylation is 1. The Bertz CT molecular complexity index is 617. The molecule has 3 rings (SSSR count). The largest absolute Gasteiger partial charge is 0.376 e. The number of piperidine rings is 1. The van der Waals surface area contributed by atoms with Crippen molar-refractivity contribution in [2.24, 2.45) is 5.92 Å². The summed E-state index contributed by atoms with van der Waals surface area (Å²) in [6.07, 6.45) is 8.89. The smallest absolute Gasteiger partial charge is 0.225 e. The number of likely N-dealkylation sites (tertiary alicyclic amines) is 1. The summed E-state index contributed by atoms with van der Waals surface area (Å²) in [4.78, 5) is 21.9. The third kappa shape index (κ3) is 5.32. The van der Waals surface area contributed by atoms with E-state index >= 15 is 0 Å². The highest BCUT2D eigenvalue weighted by Gasteiger charge is 2.36. The van der Waals surface area contributed by atoms with Crippen LogP contribution in [0.2, 0.25) is 0 Å². The molecule has 0 N–H and O–H groups in total. The van der Waals surface area contributed by atoms with Crippen LogP contribution < -0.4 is 0 Å². The second-order valence-corrected chi connectivity index (χ2v) is 9.03. The fraction of sp³-hybridized carbons (Fsp3) is 0.810. The van der Waals surface area contributed by atoms with Crippen molar-refractivity contribution in [1.29, 1.82) is 0 Å². The lowest BCUT2D eigenvalue weighted by Crippen LogP contribution is -2.46. The SMILES string of the molecule is CN(C)CCCn1ccnc1C1CCN(C(=O)C2CCOC(C)(C)C2)CC1. The Hall–Kier alpha value is -1.40. The van der Waals surface area contributed by atoms with Crippen molar-refractivity contribution in [3.05, 3.63) is 18.2 Å². The fourth-order valence-corrected chi connectivity index (χ4v) is 4.49. The topological polar surface area (TPSA) is 50.6 Å². The van der Waals surface area contributed by atoms with E-state index in [1.54, 1.807) is 0 Å². The Kier molecular flexibility index (Phi) is 6.58. The number of hydrogen-bond donors (Lipinski definition) is 0. The molecule has 2 fully saturated rings. The van der Waals surface area contributed by atoms with Crippen molar-refractivity contribution >= 4 is 5.91 Å². The van der Waals surface area contributed by atoms with Gasteiger partial charge >= 0.3 is 0 Å². The van der Waals surface area contributed by atoms with Crippen molar-refractivity contribution in [3.63, 3.8) is 0 Å². The molecule has 3 heterocycles. The van der Waals surface area contributed by atoms with Gasteiger partial charge in [-0.3, -0.25) is 4.79 Å². The average Bonchev–Trinajstić information content (AvgIpc) is 3.08. The summed E-state index contributed by atoms with van der Waals surface area (Å²) < 4.78 is 8.09. The molecule has 0 spiro atoms. The molecule has 6 nitrogen and oxygen atoms in total. The summed E-state index contributed by atoms with van der Waals surface area (Å²) in [6.45, 7) is 8.70. The minimum absolute atomic E-state index is 0.123. The Morgan fingerprint density at radius 3 is 2.70 bits per heavy atom. The van der Waals surface area contributed by atoms with E-state index in [1.807, 2.05) is 6.20 Å². The summed E-state index contributed by atoms with van der Waals surface area (Å²) in [5.74, 6) is 2.13. The number of hydrogen-bond acceptors (Lipinski definition) is 4. The molecule has 2 aliphatic rings. The summed E-state index contributed by atoms with van der Waals surface area (Å²) in [6, 6.07) is 0. The van der Waals surface area contributed by atoms with E-state index in [4.69, 9.17) is 4.74 Å². The number of rotatable bonds is 6. The van der Waals surface area contributed by atoms with Gasteiger partial charge in [0.15, 0.2) is 0 Å². The number of carbonyl (C=O) groups excluding carboxylic acids is 1. The number of nitrogens with zero attached hydrogens (tertiary/aromatic N) is 4. The van der Waals surface area contributed by atoms with Crippen LogP contribution in [0.25, 0.3) is 0 Å². The molecule has 1 aromatic rings. The van der Waals surface area contributed by atoms with E-state index in [2.05, 4.69) is 53.5 Å². The maximum absolute atomic E-state index is 13.0. The normalized spacial score (nSPS) is 23.7. The van der Waals surface area contributed by atoms with Crippen molar-refractivity contribution < 1.29 is 9.53 Å². The molecule has 0 bridgehead atoms. The zero-order valence-corrected chi connectivity index (χ0v) is 17.5. The number of ether oxygens (including phenoxy) is 1. The number of carbonyl (C=O) groups is 1. The molecule has 27 heavy (non-hydrogen) atoms. The predicted molar refractivity (Wildman–Crippen MR) is 107 cm³/mol. The van der Waals surface area contributed by atoms with Crippen LogP contribution in [0.4, 0.5) is 0 Å². The third-order valence-electron chi connectivity index (χ3n) is 5.97. The molecule has 0 aromatic carbocycles. The Morgan fingerprint density at radius 1 is 1.30 bits per heavy atom. The second-order valence-electron chi connectivity index (χ2n) is 9.03. The molecule has 1 amide bonds. The van der Waals surface area contributed by atoms with E-state index in [-0.39, 0.29) is 11.5 Å². The van der Waals surface area contributed by atoms with Gasteiger partial charge in [-0.25, -0.2) is 4.98 Å². The molecule has 2 aliphatic heterocycles. The van der Waals surface area contributed by atoms with E-state index in [1.165, 1.54) is 5.82 Å². The van der Waals surface area contributed by atoms with Gasteiger partial charge in [-0.2, -0.15) is 0 Å². The van der Waals surface area contributed by atoms with Crippen LogP contribution in [0.5, 0.6) is 0 Å². The zero-order chi connectivity index (χ0) is 19.4. The lowest BCUT2D eigenvalue weighted by molar-refractivity contribution is -0.146. The van der Waals surface area contributed by atoms with Crippen molar-refractivity contribution in [3.8, 4) is 0 Å². The molecular weight excluding hydrogens is 340 g/mol. The van der Waals surface area contributed by atoms with Crippen LogP contribution in [0.15, 0.2) is 12.4 Å². The molecule has 2 saturated heterocycles. The third-order valence-corrected chi connectivity index (χ3v) is 5.97. The quantitative estimate of drug-likeness (QED) is 0.766. The zero-order valence-electron chi connectivity index (χ0n) is 17.5. The van der Waals surface area contributed by atoms with Crippen LogP contribution in [-0.4, -0.2) is 71.2 Å². The van der Waals surface area contributed by atoms with Crippen molar-refractivity contribution in [1.82, 2.24) is 19.4 Å². The molecule has 6 heteroatoms. The lowest BCUT2D eigenvalue weighted by atomic mass is 9.86. The number of amides is 1. The molecule has 0 saturated carbocycles. The first kappa shape index (κ1) is 20.3. The van der Waals surface area contributed by atoms with Crippen LogP contribution in [-0.2, 0) is 16.1 Å². The van der Waals surface area contributed by atoms with Gasteiger partial charge in [-0.15, -0.1) is 0 Å². The van der Waals surface area contributed by atoms with Crippen LogP contribution in [0.3, 0.4) is 0 Å². The maximum Gasteiger partial charge on any atom is 0.225 e. The van der Waals surface area contributed by atoms with E-state index in [9.17, 15) is 4.79 Å². The summed E-state index contributed by atoms with van der Waals surface area (Å²) in [7, 11) is 4.22. The van der Waals surface area contributed by atoms with Gasteiger partial charge < -0.3 is 19.1 Å². The first-order valence-corrected chi connectivity index (χ1v) is 10.4. The van der Waals surface area contributed by atoms with Gasteiger partial charge in [0, 0.05) is 50.5 Å². The molecule has 1 unspecified atom stereocenters. The van der Waals surface area contributed by atoms with E-state index in [0.29, 0.717) is 18.4 Å². The van der Waals surface area contributed by atoms with Gasteiger partial charge in [0.1, 0.15) is 5.82 Å². The van der Waals surface area contributed by atoms with Crippen LogP contribution >= 0.6 is 0 Å². The Balaban J connectivity index is 1.52. The first-order chi connectivity index (χ1) is 12.9. The number of imidazole rings is 1. The molecule has 0 aliphatic carbocycles. The molecule has 1 atom stereocenters. The van der Waals surface area contributed by atoms with E-state index < -0.39 is 0 Å². The maximum atomic E-state index is 13.0. The highest BCUT2D eigenvalue weighted by molar-refractivity contribution is 5.79. The van der Waals surface area contributed by atoms with Gasteiger partial charge in [0.05, 0.1) is 5.60 Å². The lowest BCUT2D eigenvalue weighted by Gasteiger charge is -2.39. The predicted octanol–water partition coefficient (Wildman–Crippen LogP) is 2.75. The molecular formula is C21H36N4O2. The Morgan fingerprint density at radius 2 is 2.04 bits per heavy atom. The van der Waals surface area contributed by atoms with Gasteiger partial charge in [0.25, 0.3) is 0 Å². The fourth-order valence-electron chi connectivity index (χ4n) is 4.49. The summed E-state index contributed by atoms with van der Waals surface area (Å²) in [5, 5.41) is 0. The van der Waals surface area contributed by atoms with Gasteiger partial charge in [-0.1, -0.05) is 0 Å². The summed E-state index contributed by atoms with van der Waals surface area (Å²) in [5.41, 5.74) is -0.172. The highest BCUT2D eigenvalue weighted by atomic mass is 16.5. The average molecular weight is 377 g/mol. The second kappa shape index (κ2) is 8.74. The minimum Gasteiger partial charge on any atom is -0.376 e. The molecule has 0 radical (unpaired) electrons. The minimum atomic E-state index is -0.172. The Labute approximate surface area is 163 Å². The number of aromatic nitrogens is 2. The standard InChI is InChI=1S/C21H36N4O2/c1-21(2)16-18(8-15-27-21)20(26)25-12-6-17(7-13-25)19-22-9-14-24(19)11-5-10-23(3)4/h9,14,17-18H,5-8,10-13,15-16H2,1-4H3. The molecule has 152 valence electrons. The first-order valence-electron chi connectivity index (χ1n) is 10.4. The van der Waals surface area contributed by atoms with Crippen LogP contribution in [0.1, 0.15) is 57.7 Å². The van der Waals surface area contributed by atoms with Gasteiger partial charge in [-0.05, 0) is 66.6 Å². The molecule has 1 aromatic heterocycles. The van der Waals surface area contributed by atoms with Crippen LogP contribution in [0, 0.1) is 5.92 Å². The van der Waals surface area contributed by atoms with E-state index in [0.717, 1.165) is 58.3 Å². The summed E-state index contributed by atoms with van der Waals surface area (Å²) >= 11 is 0. The van der Waals surface area contributed by atoms with Crippen molar-refractivity contribution in [2.75, 3.05) is 40.3 Å². The van der Waals surface area contributed by atoms with Crippen molar-refractivity contribution in [2.45, 2.75) is 64.0 Å². The van der Waals surface area contributed by atoms with Gasteiger partial charge in [0.2, 0.25) is 5.91 Å². The monoisotopic (exact) mass is 376 g/mol.